The smallest absolute Gasteiger partial charge is 0.271 e. The van der Waals surface area contributed by atoms with Gasteiger partial charge in [-0.05, 0) is 36.1 Å². The molecule has 1 aromatic heterocycles. The maximum absolute atomic E-state index is 13.4. The quantitative estimate of drug-likeness (QED) is 0.518. The van der Waals surface area contributed by atoms with Crippen molar-refractivity contribution < 1.29 is 19.1 Å². The minimum Gasteiger partial charge on any atom is -0.396 e. The largest absolute Gasteiger partial charge is 0.396 e. The van der Waals surface area contributed by atoms with E-state index < -0.39 is 0 Å². The van der Waals surface area contributed by atoms with Gasteiger partial charge in [0.2, 0.25) is 0 Å². The molecule has 0 spiro atoms. The zero-order valence-corrected chi connectivity index (χ0v) is 19.3. The monoisotopic (exact) mass is 454 g/mol. The first-order chi connectivity index (χ1) is 16.0. The van der Waals surface area contributed by atoms with Gasteiger partial charge < -0.3 is 24.7 Å². The minimum absolute atomic E-state index is 0.0570. The highest BCUT2D eigenvalue weighted by molar-refractivity contribution is 5.98. The lowest BCUT2D eigenvalue weighted by atomic mass is 10.0. The van der Waals surface area contributed by atoms with Crippen LogP contribution in [-0.4, -0.2) is 54.6 Å². The highest BCUT2D eigenvalue weighted by Gasteiger charge is 2.26. The van der Waals surface area contributed by atoms with Crippen LogP contribution in [0.2, 0.25) is 0 Å². The Bertz CT molecular complexity index is 1050. The molecule has 33 heavy (non-hydrogen) atoms. The Morgan fingerprint density at radius 2 is 1.85 bits per heavy atom. The number of aliphatic hydroxyl groups excluding tert-OH is 1. The summed E-state index contributed by atoms with van der Waals surface area (Å²) in [7, 11) is 3.46. The van der Waals surface area contributed by atoms with E-state index in [1.165, 1.54) is 12.1 Å². The van der Waals surface area contributed by atoms with E-state index in [0.29, 0.717) is 36.8 Å². The van der Waals surface area contributed by atoms with Gasteiger partial charge in [0.25, 0.3) is 5.91 Å². The maximum Gasteiger partial charge on any atom is 0.271 e. The number of imidazole rings is 1. The van der Waals surface area contributed by atoms with Crippen molar-refractivity contribution in [2.24, 2.45) is 0 Å². The van der Waals surface area contributed by atoms with Crippen LogP contribution in [0.25, 0.3) is 11.4 Å². The second-order valence-electron chi connectivity index (χ2n) is 7.41. The van der Waals surface area contributed by atoms with Gasteiger partial charge in [0, 0.05) is 39.4 Å². The molecule has 0 atom stereocenters. The summed E-state index contributed by atoms with van der Waals surface area (Å²) in [6.45, 7) is 5.07. The van der Waals surface area contributed by atoms with E-state index in [-0.39, 0.29) is 18.3 Å². The Morgan fingerprint density at radius 1 is 1.18 bits per heavy atom. The van der Waals surface area contributed by atoms with Crippen LogP contribution in [0.4, 0.5) is 10.2 Å². The van der Waals surface area contributed by atoms with E-state index in [0.717, 1.165) is 23.1 Å². The molecule has 1 heterocycles. The number of rotatable bonds is 9. The topological polar surface area (TPSA) is 87.5 Å². The lowest BCUT2D eigenvalue weighted by Gasteiger charge is -2.18. The molecule has 2 N–H and O–H groups in total. The third-order valence-corrected chi connectivity index (χ3v) is 5.30. The van der Waals surface area contributed by atoms with Gasteiger partial charge in [-0.25, -0.2) is 9.37 Å². The summed E-state index contributed by atoms with van der Waals surface area (Å²) in [6, 6.07) is 14.3. The maximum atomic E-state index is 13.4. The molecular formula is C25H31FN4O3. The summed E-state index contributed by atoms with van der Waals surface area (Å²) < 4.78 is 15.3. The standard InChI is InChI=1S/C24H29FN4O2.CH2O/c1-4-18-8-5-6-9-20(18)22-27-23(28(3)14-7-15-30)21(24(31)26-2)29(22)16-17-10-12-19(25)13-11-17;1-2/h5-6,8-13,30H,4,7,14-16H2,1-3H3,(H,26,31);1H2. The van der Waals surface area contributed by atoms with Crippen molar-refractivity contribution in [3.05, 3.63) is 71.2 Å². The van der Waals surface area contributed by atoms with Gasteiger partial charge in [-0.2, -0.15) is 0 Å². The van der Waals surface area contributed by atoms with Gasteiger partial charge >= 0.3 is 0 Å². The van der Waals surface area contributed by atoms with E-state index in [2.05, 4.69) is 18.3 Å². The Kier molecular flexibility index (Phi) is 9.75. The molecule has 0 radical (unpaired) electrons. The van der Waals surface area contributed by atoms with Gasteiger partial charge in [0.05, 0.1) is 0 Å². The summed E-state index contributed by atoms with van der Waals surface area (Å²) in [6.07, 6.45) is 1.39. The second kappa shape index (κ2) is 12.5. The van der Waals surface area contributed by atoms with Gasteiger partial charge in [-0.15, -0.1) is 0 Å². The molecule has 0 fully saturated rings. The summed E-state index contributed by atoms with van der Waals surface area (Å²) in [4.78, 5) is 27.8. The number of nitrogens with zero attached hydrogens (tertiary/aromatic N) is 3. The number of aryl methyl sites for hydroxylation is 1. The highest BCUT2D eigenvalue weighted by atomic mass is 19.1. The summed E-state index contributed by atoms with van der Waals surface area (Å²) in [5.41, 5.74) is 3.39. The first kappa shape index (κ1) is 25.7. The lowest BCUT2D eigenvalue weighted by molar-refractivity contribution is -0.0980. The van der Waals surface area contributed by atoms with Crippen molar-refractivity contribution in [3.8, 4) is 11.4 Å². The first-order valence-corrected chi connectivity index (χ1v) is 10.8. The molecule has 0 aliphatic rings. The average molecular weight is 455 g/mol. The molecule has 0 saturated carbocycles. The Hall–Kier alpha value is -3.52. The van der Waals surface area contributed by atoms with E-state index in [9.17, 15) is 14.3 Å². The van der Waals surface area contributed by atoms with Crippen molar-refractivity contribution in [3.63, 3.8) is 0 Å². The van der Waals surface area contributed by atoms with Crippen molar-refractivity contribution in [1.82, 2.24) is 14.9 Å². The van der Waals surface area contributed by atoms with Crippen LogP contribution in [-0.2, 0) is 17.8 Å². The fourth-order valence-electron chi connectivity index (χ4n) is 3.64. The molecule has 8 heteroatoms. The van der Waals surface area contributed by atoms with Crippen LogP contribution in [0.15, 0.2) is 48.5 Å². The molecule has 3 aromatic rings. The summed E-state index contributed by atoms with van der Waals surface area (Å²) >= 11 is 0. The van der Waals surface area contributed by atoms with Gasteiger partial charge in [-0.3, -0.25) is 4.79 Å². The fourth-order valence-corrected chi connectivity index (χ4v) is 3.64. The van der Waals surface area contributed by atoms with E-state index >= 15 is 0 Å². The fraction of sp³-hybridized carbons (Fsp3) is 0.320. The van der Waals surface area contributed by atoms with Crippen LogP contribution in [0.3, 0.4) is 0 Å². The molecular weight excluding hydrogens is 423 g/mol. The molecule has 1 amide bonds. The van der Waals surface area contributed by atoms with Crippen molar-refractivity contribution >= 4 is 18.5 Å². The normalized spacial score (nSPS) is 10.3. The molecule has 7 nitrogen and oxygen atoms in total. The van der Waals surface area contributed by atoms with Gasteiger partial charge in [0.1, 0.15) is 18.4 Å². The number of amides is 1. The highest BCUT2D eigenvalue weighted by Crippen LogP contribution is 2.31. The number of halogens is 1. The lowest BCUT2D eigenvalue weighted by Crippen LogP contribution is -2.27. The number of carbonyl (C=O) groups excluding carboxylic acids is 2. The second-order valence-corrected chi connectivity index (χ2v) is 7.41. The molecule has 0 saturated heterocycles. The zero-order chi connectivity index (χ0) is 24.4. The Morgan fingerprint density at radius 3 is 2.45 bits per heavy atom. The third-order valence-electron chi connectivity index (χ3n) is 5.30. The van der Waals surface area contributed by atoms with E-state index in [1.54, 1.807) is 19.2 Å². The van der Waals surface area contributed by atoms with Crippen LogP contribution >= 0.6 is 0 Å². The number of anilines is 1. The molecule has 0 unspecified atom stereocenters. The van der Waals surface area contributed by atoms with E-state index in [4.69, 9.17) is 9.78 Å². The van der Waals surface area contributed by atoms with Crippen molar-refractivity contribution in [1.29, 1.82) is 0 Å². The predicted molar refractivity (Wildman–Crippen MR) is 128 cm³/mol. The van der Waals surface area contributed by atoms with E-state index in [1.807, 2.05) is 41.5 Å². The summed E-state index contributed by atoms with van der Waals surface area (Å²) in [5, 5.41) is 12.0. The molecule has 0 aliphatic carbocycles. The number of hydrogen-bond acceptors (Lipinski definition) is 5. The first-order valence-electron chi connectivity index (χ1n) is 10.8. The van der Waals surface area contributed by atoms with Crippen LogP contribution in [0, 0.1) is 5.82 Å². The number of aliphatic hydroxyl groups is 1. The minimum atomic E-state index is -0.304. The number of aromatic nitrogens is 2. The number of hydrogen-bond donors (Lipinski definition) is 2. The predicted octanol–water partition coefficient (Wildman–Crippen LogP) is 3.29. The molecule has 0 aliphatic heterocycles. The van der Waals surface area contributed by atoms with Crippen LogP contribution in [0.1, 0.15) is 35.0 Å². The number of nitrogens with one attached hydrogen (secondary N) is 1. The SMILES string of the molecule is C=O.CCc1ccccc1-c1nc(N(C)CCCO)c(C(=O)NC)n1Cc1ccc(F)cc1. The number of benzene rings is 2. The molecule has 176 valence electrons. The summed E-state index contributed by atoms with van der Waals surface area (Å²) in [5.74, 6) is 0.685. The van der Waals surface area contributed by atoms with Crippen molar-refractivity contribution in [2.45, 2.75) is 26.3 Å². The Balaban J connectivity index is 0.00000187. The van der Waals surface area contributed by atoms with Crippen LogP contribution in [0.5, 0.6) is 0 Å². The number of carbonyl (C=O) groups is 2. The zero-order valence-electron chi connectivity index (χ0n) is 19.3. The average Bonchev–Trinajstić information content (AvgIpc) is 3.23. The molecule has 0 bridgehead atoms. The van der Waals surface area contributed by atoms with Crippen molar-refractivity contribution in [2.75, 3.05) is 32.1 Å². The Labute approximate surface area is 193 Å². The van der Waals surface area contributed by atoms with Gasteiger partial charge in [-0.1, -0.05) is 43.3 Å². The van der Waals surface area contributed by atoms with Gasteiger partial charge in [0.15, 0.2) is 11.5 Å². The third kappa shape index (κ3) is 6.04. The molecule has 2 aromatic carbocycles. The molecule has 3 rings (SSSR count). The van der Waals surface area contributed by atoms with Crippen LogP contribution < -0.4 is 10.2 Å².